The van der Waals surface area contributed by atoms with Gasteiger partial charge in [0.15, 0.2) is 0 Å². The molecule has 17 heavy (non-hydrogen) atoms. The standard InChI is InChI=1S/C9H9ClF6O/c10-7(17)6-4(8(11,12)13)2-1-3-5(6)9(14,15)16/h4-6H,1-3H2. The molecule has 0 amide bonds. The van der Waals surface area contributed by atoms with Crippen LogP contribution in [0.5, 0.6) is 0 Å². The van der Waals surface area contributed by atoms with Crippen molar-refractivity contribution in [1.29, 1.82) is 0 Å². The van der Waals surface area contributed by atoms with Gasteiger partial charge in [-0.2, -0.15) is 26.3 Å². The molecule has 0 aliphatic heterocycles. The summed E-state index contributed by atoms with van der Waals surface area (Å²) < 4.78 is 75.2. The van der Waals surface area contributed by atoms with Gasteiger partial charge in [-0.25, -0.2) is 0 Å². The number of alkyl halides is 6. The Bertz CT molecular complexity index is 275. The Hall–Kier alpha value is -0.460. The summed E-state index contributed by atoms with van der Waals surface area (Å²) in [4.78, 5) is 10.9. The normalized spacial score (nSPS) is 31.4. The molecule has 0 aromatic carbocycles. The van der Waals surface area contributed by atoms with E-state index in [1.165, 1.54) is 0 Å². The number of hydrogen-bond acceptors (Lipinski definition) is 1. The highest BCUT2D eigenvalue weighted by atomic mass is 35.5. The number of hydrogen-bond donors (Lipinski definition) is 0. The molecule has 1 aliphatic rings. The highest BCUT2D eigenvalue weighted by Gasteiger charge is 2.57. The van der Waals surface area contributed by atoms with Gasteiger partial charge in [-0.15, -0.1) is 0 Å². The summed E-state index contributed by atoms with van der Waals surface area (Å²) >= 11 is 4.92. The summed E-state index contributed by atoms with van der Waals surface area (Å²) in [5.41, 5.74) is 0. The summed E-state index contributed by atoms with van der Waals surface area (Å²) in [7, 11) is 0. The van der Waals surface area contributed by atoms with Gasteiger partial charge in [-0.1, -0.05) is 6.42 Å². The van der Waals surface area contributed by atoms with Crippen molar-refractivity contribution in [1.82, 2.24) is 0 Å². The SMILES string of the molecule is O=C(Cl)C1C(C(F)(F)F)CCCC1C(F)(F)F. The zero-order valence-electron chi connectivity index (χ0n) is 8.41. The van der Waals surface area contributed by atoms with E-state index in [0.29, 0.717) is 0 Å². The van der Waals surface area contributed by atoms with Crippen LogP contribution in [0.15, 0.2) is 0 Å². The third kappa shape index (κ3) is 3.26. The van der Waals surface area contributed by atoms with Gasteiger partial charge in [0, 0.05) is 0 Å². The van der Waals surface area contributed by atoms with E-state index in [-0.39, 0.29) is 6.42 Å². The van der Waals surface area contributed by atoms with Crippen LogP contribution < -0.4 is 0 Å². The summed E-state index contributed by atoms with van der Waals surface area (Å²) in [5.74, 6) is -6.81. The zero-order valence-corrected chi connectivity index (χ0v) is 9.16. The van der Waals surface area contributed by atoms with Crippen molar-refractivity contribution >= 4 is 16.8 Å². The second-order valence-electron chi connectivity index (χ2n) is 4.06. The molecule has 2 unspecified atom stereocenters. The van der Waals surface area contributed by atoms with Crippen molar-refractivity contribution in [3.63, 3.8) is 0 Å². The molecule has 0 heterocycles. The van der Waals surface area contributed by atoms with Crippen molar-refractivity contribution in [3.8, 4) is 0 Å². The lowest BCUT2D eigenvalue weighted by atomic mass is 9.72. The van der Waals surface area contributed by atoms with Crippen molar-refractivity contribution < 1.29 is 31.1 Å². The first-order valence-electron chi connectivity index (χ1n) is 4.88. The van der Waals surface area contributed by atoms with Gasteiger partial charge < -0.3 is 0 Å². The topological polar surface area (TPSA) is 17.1 Å². The number of carbonyl (C=O) groups excluding carboxylic acids is 1. The van der Waals surface area contributed by atoms with Crippen molar-refractivity contribution in [2.45, 2.75) is 31.6 Å². The Morgan fingerprint density at radius 3 is 1.53 bits per heavy atom. The van der Waals surface area contributed by atoms with Crippen LogP contribution in [0.4, 0.5) is 26.3 Å². The predicted octanol–water partition coefficient (Wildman–Crippen LogP) is 3.91. The van der Waals surface area contributed by atoms with Crippen LogP contribution in [0.1, 0.15) is 19.3 Å². The number of rotatable bonds is 1. The molecule has 0 spiro atoms. The van der Waals surface area contributed by atoms with E-state index in [0.717, 1.165) is 0 Å². The lowest BCUT2D eigenvalue weighted by Crippen LogP contribution is -2.45. The predicted molar refractivity (Wildman–Crippen MR) is 47.3 cm³/mol. The van der Waals surface area contributed by atoms with Gasteiger partial charge in [-0.05, 0) is 24.4 Å². The van der Waals surface area contributed by atoms with Crippen LogP contribution in [-0.4, -0.2) is 17.6 Å². The maximum atomic E-state index is 12.5. The first kappa shape index (κ1) is 14.6. The van der Waals surface area contributed by atoms with Gasteiger partial charge in [0.1, 0.15) is 0 Å². The van der Waals surface area contributed by atoms with Gasteiger partial charge in [0.2, 0.25) is 5.24 Å². The lowest BCUT2D eigenvalue weighted by molar-refractivity contribution is -0.241. The van der Waals surface area contributed by atoms with Crippen molar-refractivity contribution in [2.24, 2.45) is 17.8 Å². The molecular formula is C9H9ClF6O. The molecular weight excluding hydrogens is 274 g/mol. The fraction of sp³-hybridized carbons (Fsp3) is 0.889. The van der Waals surface area contributed by atoms with Gasteiger partial charge in [0.25, 0.3) is 0 Å². The second-order valence-corrected chi connectivity index (χ2v) is 4.43. The first-order chi connectivity index (χ1) is 7.55. The summed E-state index contributed by atoms with van der Waals surface area (Å²) in [6.45, 7) is 0. The van der Waals surface area contributed by atoms with E-state index in [1.54, 1.807) is 0 Å². The number of carbonyl (C=O) groups is 1. The van der Waals surface area contributed by atoms with Crippen LogP contribution in [0, 0.1) is 17.8 Å². The Morgan fingerprint density at radius 2 is 1.29 bits per heavy atom. The summed E-state index contributed by atoms with van der Waals surface area (Å²) in [5, 5.41) is -1.56. The molecule has 1 nitrogen and oxygen atoms in total. The minimum atomic E-state index is -4.83. The minimum absolute atomic E-state index is 0.213. The fourth-order valence-electron chi connectivity index (χ4n) is 2.25. The van der Waals surface area contributed by atoms with Gasteiger partial charge in [-0.3, -0.25) is 4.79 Å². The molecule has 8 heteroatoms. The molecule has 0 aromatic heterocycles. The smallest absolute Gasteiger partial charge is 0.281 e. The molecule has 0 saturated heterocycles. The third-order valence-electron chi connectivity index (χ3n) is 3.00. The van der Waals surface area contributed by atoms with Crippen molar-refractivity contribution in [3.05, 3.63) is 0 Å². The van der Waals surface area contributed by atoms with E-state index >= 15 is 0 Å². The lowest BCUT2D eigenvalue weighted by Gasteiger charge is -2.37. The van der Waals surface area contributed by atoms with Crippen LogP contribution >= 0.6 is 11.6 Å². The van der Waals surface area contributed by atoms with Crippen LogP contribution in [-0.2, 0) is 4.79 Å². The minimum Gasteiger partial charge on any atom is -0.281 e. The third-order valence-corrected chi connectivity index (χ3v) is 3.25. The Labute approximate surface area is 98.1 Å². The van der Waals surface area contributed by atoms with Crippen molar-refractivity contribution in [2.75, 3.05) is 0 Å². The Morgan fingerprint density at radius 1 is 0.941 bits per heavy atom. The molecule has 2 atom stereocenters. The molecule has 1 fully saturated rings. The highest BCUT2D eigenvalue weighted by Crippen LogP contribution is 2.50. The largest absolute Gasteiger partial charge is 0.392 e. The molecule has 1 saturated carbocycles. The quantitative estimate of drug-likeness (QED) is 0.526. The van der Waals surface area contributed by atoms with E-state index in [4.69, 9.17) is 11.6 Å². The molecule has 0 bridgehead atoms. The molecule has 1 aliphatic carbocycles. The summed E-state index contributed by atoms with van der Waals surface area (Å²) in [6.07, 6.45) is -10.9. The second kappa shape index (κ2) is 4.66. The molecule has 0 N–H and O–H groups in total. The van der Waals surface area contributed by atoms with Crippen LogP contribution in [0.3, 0.4) is 0 Å². The first-order valence-corrected chi connectivity index (χ1v) is 5.25. The van der Waals surface area contributed by atoms with E-state index in [1.807, 2.05) is 0 Å². The Balaban J connectivity index is 3.05. The maximum Gasteiger partial charge on any atom is 0.392 e. The van der Waals surface area contributed by atoms with E-state index < -0.39 is 48.2 Å². The van der Waals surface area contributed by atoms with Gasteiger partial charge >= 0.3 is 12.4 Å². The fourth-order valence-corrected chi connectivity index (χ4v) is 2.55. The highest BCUT2D eigenvalue weighted by molar-refractivity contribution is 6.64. The van der Waals surface area contributed by atoms with E-state index in [2.05, 4.69) is 0 Å². The number of halogens is 7. The maximum absolute atomic E-state index is 12.5. The average Bonchev–Trinajstić information content (AvgIpc) is 2.13. The zero-order chi connectivity index (χ0) is 13.4. The summed E-state index contributed by atoms with van der Waals surface area (Å²) in [6, 6.07) is 0. The average molecular weight is 283 g/mol. The van der Waals surface area contributed by atoms with Crippen LogP contribution in [0.25, 0.3) is 0 Å². The molecule has 0 aromatic rings. The molecule has 0 radical (unpaired) electrons. The monoisotopic (exact) mass is 282 g/mol. The molecule has 1 rings (SSSR count). The van der Waals surface area contributed by atoms with Crippen LogP contribution in [0.2, 0.25) is 0 Å². The van der Waals surface area contributed by atoms with E-state index in [9.17, 15) is 31.1 Å². The van der Waals surface area contributed by atoms with Gasteiger partial charge in [0.05, 0.1) is 17.8 Å². The molecule has 100 valence electrons. The Kier molecular flexibility index (Phi) is 4.01.